The molecule has 0 aromatic carbocycles. The lowest BCUT2D eigenvalue weighted by Crippen LogP contribution is -2.50. The highest BCUT2D eigenvalue weighted by Gasteiger charge is 2.50. The molecule has 0 bridgehead atoms. The molecule has 72 valence electrons. The highest BCUT2D eigenvalue weighted by molar-refractivity contribution is 7.82. The van der Waals surface area contributed by atoms with Crippen LogP contribution in [0.25, 0.3) is 0 Å². The number of aliphatic hydroxyl groups is 1. The Labute approximate surface area is 71.6 Å². The minimum absolute atomic E-state index is 0.195. The normalized spacial score (nSPS) is 24.8. The Morgan fingerprint density at radius 2 is 1.92 bits per heavy atom. The Morgan fingerprint density at radius 1 is 1.33 bits per heavy atom. The van der Waals surface area contributed by atoms with Crippen molar-refractivity contribution in [1.82, 2.24) is 0 Å². The third-order valence-corrected chi connectivity index (χ3v) is 2.49. The molecule has 0 unspecified atom stereocenters. The number of hydrogen-bond donors (Lipinski definition) is 1. The van der Waals surface area contributed by atoms with Gasteiger partial charge >= 0.3 is 16.4 Å². The van der Waals surface area contributed by atoms with Crippen molar-refractivity contribution in [3.8, 4) is 0 Å². The summed E-state index contributed by atoms with van der Waals surface area (Å²) < 4.78 is 29.0. The van der Waals surface area contributed by atoms with E-state index < -0.39 is 16.4 Å². The minimum atomic E-state index is -3.88. The van der Waals surface area contributed by atoms with Gasteiger partial charge in [0.05, 0.1) is 0 Å². The molecule has 1 N–H and O–H groups in total. The third-order valence-electron chi connectivity index (χ3n) is 1.56. The van der Waals surface area contributed by atoms with Crippen LogP contribution in [0, 0.1) is 0 Å². The predicted octanol–water partition coefficient (Wildman–Crippen LogP) is 0.504. The van der Waals surface area contributed by atoms with Gasteiger partial charge in [0.25, 0.3) is 0 Å². The van der Waals surface area contributed by atoms with E-state index in [0.29, 0.717) is 6.42 Å². The molecular weight excluding hydrogens is 184 g/mol. The first-order chi connectivity index (χ1) is 5.47. The van der Waals surface area contributed by atoms with E-state index in [2.05, 4.69) is 8.37 Å². The zero-order valence-electron chi connectivity index (χ0n) is 6.82. The summed E-state index contributed by atoms with van der Waals surface area (Å²) in [5.41, 5.74) is 0. The van der Waals surface area contributed by atoms with Crippen molar-refractivity contribution in [2.24, 2.45) is 0 Å². The molecule has 6 heteroatoms. The molecule has 1 fully saturated rings. The predicted molar refractivity (Wildman–Crippen MR) is 40.2 cm³/mol. The van der Waals surface area contributed by atoms with Gasteiger partial charge in [-0.2, -0.15) is 16.8 Å². The Hall–Kier alpha value is -0.170. The molecule has 0 aliphatic carbocycles. The minimum Gasteiger partial charge on any atom is -0.342 e. The lowest BCUT2D eigenvalue weighted by molar-refractivity contribution is -0.329. The second-order valence-electron chi connectivity index (χ2n) is 2.74. The SMILES string of the molecule is CCCCCC1(O)OS(=O)(=O)O1. The standard InChI is InChI=1S/C6H12O5S/c1-2-3-4-5-6(7)10-12(8,9)11-6/h7H,2-5H2,1H3. The van der Waals surface area contributed by atoms with Crippen LogP contribution in [0.5, 0.6) is 0 Å². The Bertz CT molecular complexity index is 233. The van der Waals surface area contributed by atoms with Gasteiger partial charge in [-0.05, 0) is 6.42 Å². The average Bonchev–Trinajstić information content (AvgIpc) is 1.83. The van der Waals surface area contributed by atoms with Gasteiger partial charge in [0, 0.05) is 6.42 Å². The molecule has 0 amide bonds. The Balaban J connectivity index is 2.26. The van der Waals surface area contributed by atoms with Gasteiger partial charge in [-0.25, -0.2) is 0 Å². The zero-order chi connectivity index (χ0) is 9.24. The molecule has 1 aliphatic heterocycles. The number of unbranched alkanes of at least 4 members (excludes halogenated alkanes) is 2. The van der Waals surface area contributed by atoms with Gasteiger partial charge in [-0.1, -0.05) is 19.8 Å². The van der Waals surface area contributed by atoms with Crippen molar-refractivity contribution in [3.05, 3.63) is 0 Å². The van der Waals surface area contributed by atoms with Gasteiger partial charge in [0.15, 0.2) is 0 Å². The molecule has 12 heavy (non-hydrogen) atoms. The molecule has 1 rings (SSSR count). The van der Waals surface area contributed by atoms with Crippen LogP contribution in [0.2, 0.25) is 0 Å². The summed E-state index contributed by atoms with van der Waals surface area (Å²) in [5.74, 6) is -1.88. The Morgan fingerprint density at radius 3 is 2.33 bits per heavy atom. The molecular formula is C6H12O5S. The summed E-state index contributed by atoms with van der Waals surface area (Å²) >= 11 is 0. The van der Waals surface area contributed by atoms with Crippen molar-refractivity contribution >= 4 is 10.4 Å². The van der Waals surface area contributed by atoms with Crippen LogP contribution >= 0.6 is 0 Å². The van der Waals surface area contributed by atoms with Crippen molar-refractivity contribution in [2.75, 3.05) is 0 Å². The van der Waals surface area contributed by atoms with Crippen LogP contribution in [-0.2, 0) is 18.8 Å². The van der Waals surface area contributed by atoms with Gasteiger partial charge in [-0.15, -0.1) is 0 Å². The number of hydrogen-bond acceptors (Lipinski definition) is 5. The van der Waals surface area contributed by atoms with E-state index in [0.717, 1.165) is 12.8 Å². The van der Waals surface area contributed by atoms with E-state index in [1.807, 2.05) is 6.92 Å². The maximum Gasteiger partial charge on any atom is 0.409 e. The van der Waals surface area contributed by atoms with Gasteiger partial charge in [0.1, 0.15) is 0 Å². The molecule has 1 heterocycles. The van der Waals surface area contributed by atoms with E-state index in [1.54, 1.807) is 0 Å². The molecule has 5 nitrogen and oxygen atoms in total. The molecule has 0 radical (unpaired) electrons. The first kappa shape index (κ1) is 9.91. The van der Waals surface area contributed by atoms with E-state index in [4.69, 9.17) is 5.11 Å². The number of rotatable bonds is 4. The fourth-order valence-corrected chi connectivity index (χ4v) is 1.82. The fraction of sp³-hybridized carbons (Fsp3) is 1.00. The molecule has 0 aromatic rings. The lowest BCUT2D eigenvalue weighted by atomic mass is 10.2. The van der Waals surface area contributed by atoms with Crippen molar-refractivity contribution in [2.45, 2.75) is 38.6 Å². The van der Waals surface area contributed by atoms with E-state index >= 15 is 0 Å². The largest absolute Gasteiger partial charge is 0.409 e. The molecule has 1 aliphatic rings. The highest BCUT2D eigenvalue weighted by Crippen LogP contribution is 2.32. The summed E-state index contributed by atoms with van der Waals surface area (Å²) in [6.45, 7) is 2.00. The summed E-state index contributed by atoms with van der Waals surface area (Å²) in [5, 5.41) is 9.15. The second kappa shape index (κ2) is 3.29. The van der Waals surface area contributed by atoms with Gasteiger partial charge in [-0.3, -0.25) is 0 Å². The molecule has 0 atom stereocenters. The Kier molecular flexibility index (Phi) is 2.72. The van der Waals surface area contributed by atoms with E-state index in [-0.39, 0.29) is 6.42 Å². The molecule has 0 saturated carbocycles. The van der Waals surface area contributed by atoms with Crippen LogP contribution in [0.15, 0.2) is 0 Å². The highest BCUT2D eigenvalue weighted by atomic mass is 32.3. The first-order valence-corrected chi connectivity index (χ1v) is 5.19. The van der Waals surface area contributed by atoms with E-state index in [1.165, 1.54) is 0 Å². The molecule has 1 saturated heterocycles. The molecule has 0 spiro atoms. The topological polar surface area (TPSA) is 72.8 Å². The third kappa shape index (κ3) is 2.41. The smallest absolute Gasteiger partial charge is 0.342 e. The second-order valence-corrected chi connectivity index (χ2v) is 3.89. The van der Waals surface area contributed by atoms with Crippen LogP contribution in [-0.4, -0.2) is 19.5 Å². The molecule has 0 aromatic heterocycles. The summed E-state index contributed by atoms with van der Waals surface area (Å²) in [7, 11) is -3.88. The van der Waals surface area contributed by atoms with Crippen LogP contribution in [0.1, 0.15) is 32.6 Å². The van der Waals surface area contributed by atoms with E-state index in [9.17, 15) is 8.42 Å². The summed E-state index contributed by atoms with van der Waals surface area (Å²) in [4.78, 5) is 0. The maximum atomic E-state index is 10.3. The monoisotopic (exact) mass is 196 g/mol. The first-order valence-electron chi connectivity index (χ1n) is 3.86. The fourth-order valence-electron chi connectivity index (χ4n) is 1.01. The van der Waals surface area contributed by atoms with Crippen molar-refractivity contribution in [3.63, 3.8) is 0 Å². The van der Waals surface area contributed by atoms with Crippen LogP contribution < -0.4 is 0 Å². The maximum absolute atomic E-state index is 10.3. The summed E-state index contributed by atoms with van der Waals surface area (Å²) in [6.07, 6.45) is 2.78. The zero-order valence-corrected chi connectivity index (χ0v) is 7.63. The van der Waals surface area contributed by atoms with Gasteiger partial charge < -0.3 is 5.11 Å². The van der Waals surface area contributed by atoms with Crippen molar-refractivity contribution < 1.29 is 21.9 Å². The average molecular weight is 196 g/mol. The van der Waals surface area contributed by atoms with Crippen LogP contribution in [0.3, 0.4) is 0 Å². The van der Waals surface area contributed by atoms with Crippen molar-refractivity contribution in [1.29, 1.82) is 0 Å². The lowest BCUT2D eigenvalue weighted by Gasteiger charge is -2.33. The summed E-state index contributed by atoms with van der Waals surface area (Å²) in [6, 6.07) is 0. The van der Waals surface area contributed by atoms with Crippen LogP contribution in [0.4, 0.5) is 0 Å². The quantitative estimate of drug-likeness (QED) is 0.663. The van der Waals surface area contributed by atoms with Gasteiger partial charge in [0.2, 0.25) is 0 Å².